The van der Waals surface area contributed by atoms with Crippen LogP contribution in [0.15, 0.2) is 76.2 Å². The Labute approximate surface area is 129 Å². The monoisotopic (exact) mass is 378 g/mol. The summed E-state index contributed by atoms with van der Waals surface area (Å²) in [5.74, 6) is 0. The largest absolute Gasteiger partial charge is 0.367 e. The topological polar surface area (TPSA) is 28.7 Å². The predicted molar refractivity (Wildman–Crippen MR) is 85.9 cm³/mol. The fraction of sp³-hybridized carbons (Fsp3) is 0. The zero-order valence-electron chi connectivity index (χ0n) is 10.1. The summed E-state index contributed by atoms with van der Waals surface area (Å²) in [4.78, 5) is 6.82. The van der Waals surface area contributed by atoms with Crippen LogP contribution >= 0.6 is 31.9 Å². The highest BCUT2D eigenvalue weighted by Gasteiger charge is 2.00. The molecule has 2 heterocycles. The third-order valence-corrected chi connectivity index (χ3v) is 3.28. The van der Waals surface area contributed by atoms with Crippen LogP contribution in [0, 0.1) is 0 Å². The van der Waals surface area contributed by atoms with Gasteiger partial charge in [-0.3, -0.25) is 4.98 Å². The number of aromatic nitrogens is 2. The van der Waals surface area contributed by atoms with Gasteiger partial charge in [0.1, 0.15) is 0 Å². The second kappa shape index (κ2) is 7.26. The Morgan fingerprint density at radius 3 is 1.95 bits per heavy atom. The molecule has 0 saturated heterocycles. The van der Waals surface area contributed by atoms with E-state index in [2.05, 4.69) is 54.0 Å². The minimum absolute atomic E-state index is 1.08. The lowest BCUT2D eigenvalue weighted by Gasteiger charge is -2.00. The van der Waals surface area contributed by atoms with Gasteiger partial charge in [-0.05, 0) is 47.5 Å². The number of rotatable bonds is 1. The molecule has 96 valence electrons. The number of pyridine rings is 1. The van der Waals surface area contributed by atoms with E-state index in [0.29, 0.717) is 0 Å². The lowest BCUT2D eigenvalue weighted by atomic mass is 10.1. The fourth-order valence-corrected chi connectivity index (χ4v) is 2.83. The smallest absolute Gasteiger partial charge is 0.0267 e. The lowest BCUT2D eigenvalue weighted by Crippen LogP contribution is -1.75. The maximum Gasteiger partial charge on any atom is 0.0267 e. The van der Waals surface area contributed by atoms with E-state index < -0.39 is 0 Å². The average Bonchev–Trinajstić information content (AvgIpc) is 2.94. The van der Waals surface area contributed by atoms with Crippen LogP contribution in [-0.2, 0) is 0 Å². The van der Waals surface area contributed by atoms with E-state index in [1.165, 1.54) is 11.1 Å². The number of H-pyrrole nitrogens is 1. The fourth-order valence-electron chi connectivity index (χ4n) is 1.54. The van der Waals surface area contributed by atoms with Crippen LogP contribution in [0.4, 0.5) is 0 Å². The van der Waals surface area contributed by atoms with Gasteiger partial charge in [-0.15, -0.1) is 0 Å². The minimum atomic E-state index is 1.08. The number of nitrogens with one attached hydrogen (secondary N) is 1. The molecule has 0 spiro atoms. The Hall–Kier alpha value is -1.39. The quantitative estimate of drug-likeness (QED) is 0.611. The van der Waals surface area contributed by atoms with Crippen LogP contribution in [0.3, 0.4) is 0 Å². The highest BCUT2D eigenvalue weighted by Crippen LogP contribution is 2.27. The van der Waals surface area contributed by atoms with Crippen molar-refractivity contribution in [1.82, 2.24) is 9.97 Å². The van der Waals surface area contributed by atoms with Gasteiger partial charge in [0.25, 0.3) is 0 Å². The molecule has 0 aliphatic rings. The maximum absolute atomic E-state index is 3.78. The molecule has 0 fully saturated rings. The van der Waals surface area contributed by atoms with Crippen molar-refractivity contribution in [2.24, 2.45) is 0 Å². The molecule has 19 heavy (non-hydrogen) atoms. The lowest BCUT2D eigenvalue weighted by molar-refractivity contribution is 1.33. The van der Waals surface area contributed by atoms with Crippen LogP contribution in [-0.4, -0.2) is 9.97 Å². The molecule has 0 amide bonds. The molecular weight excluding hydrogens is 368 g/mol. The first-order chi connectivity index (χ1) is 9.25. The van der Waals surface area contributed by atoms with Gasteiger partial charge in [-0.2, -0.15) is 0 Å². The van der Waals surface area contributed by atoms with Crippen LogP contribution in [0.2, 0.25) is 0 Å². The zero-order chi connectivity index (χ0) is 13.5. The summed E-state index contributed by atoms with van der Waals surface area (Å²) in [5, 5.41) is 0. The molecule has 0 atom stereocenters. The van der Waals surface area contributed by atoms with Gasteiger partial charge >= 0.3 is 0 Å². The first kappa shape index (κ1) is 14.0. The van der Waals surface area contributed by atoms with E-state index in [1.54, 1.807) is 12.4 Å². The predicted octanol–water partition coefficient (Wildman–Crippen LogP) is 5.29. The molecule has 1 aromatic carbocycles. The summed E-state index contributed by atoms with van der Waals surface area (Å²) < 4.78 is 2.16. The zero-order valence-corrected chi connectivity index (χ0v) is 13.2. The van der Waals surface area contributed by atoms with Crippen molar-refractivity contribution < 1.29 is 0 Å². The number of halogens is 2. The third kappa shape index (κ3) is 4.65. The Balaban J connectivity index is 0.000000186. The normalized spacial score (nSPS) is 9.58. The van der Waals surface area contributed by atoms with Crippen LogP contribution in [0.25, 0.3) is 11.1 Å². The van der Waals surface area contributed by atoms with Crippen molar-refractivity contribution in [3.8, 4) is 11.1 Å². The second-order valence-electron chi connectivity index (χ2n) is 3.78. The summed E-state index contributed by atoms with van der Waals surface area (Å²) >= 11 is 6.92. The van der Waals surface area contributed by atoms with E-state index in [0.717, 1.165) is 8.95 Å². The molecule has 0 bridgehead atoms. The maximum atomic E-state index is 3.78. The summed E-state index contributed by atoms with van der Waals surface area (Å²) in [6, 6.07) is 14.0. The average molecular weight is 380 g/mol. The van der Waals surface area contributed by atoms with Crippen LogP contribution in [0.5, 0.6) is 0 Å². The SMILES string of the molecule is Brc1cc(Br)cc(-c2cc[nH]c2)c1.c1ccncc1. The standard InChI is InChI=1S/C10H7Br2N.C5H5N/c11-9-3-8(4-10(12)5-9)7-1-2-13-6-7;1-2-4-6-5-3-1/h1-6,13H;1-5H. The molecular formula is C15H12Br2N2. The molecule has 0 aliphatic heterocycles. The molecule has 0 unspecified atom stereocenters. The van der Waals surface area contributed by atoms with Gasteiger partial charge in [0, 0.05) is 33.7 Å². The summed E-state index contributed by atoms with van der Waals surface area (Å²) in [6.07, 6.45) is 7.40. The van der Waals surface area contributed by atoms with E-state index in [-0.39, 0.29) is 0 Å². The highest BCUT2D eigenvalue weighted by molar-refractivity contribution is 9.11. The molecule has 1 N–H and O–H groups in total. The summed E-state index contributed by atoms with van der Waals surface area (Å²) in [7, 11) is 0. The Morgan fingerprint density at radius 2 is 1.53 bits per heavy atom. The Bertz CT molecular complexity index is 560. The van der Waals surface area contributed by atoms with E-state index in [1.807, 2.05) is 42.7 Å². The summed E-state index contributed by atoms with van der Waals surface area (Å²) in [5.41, 5.74) is 2.39. The number of hydrogen-bond donors (Lipinski definition) is 1. The number of aromatic amines is 1. The molecule has 0 saturated carbocycles. The van der Waals surface area contributed by atoms with Gasteiger partial charge in [0.15, 0.2) is 0 Å². The number of benzene rings is 1. The first-order valence-corrected chi connectivity index (χ1v) is 7.28. The molecule has 0 aliphatic carbocycles. The highest BCUT2D eigenvalue weighted by atomic mass is 79.9. The van der Waals surface area contributed by atoms with Gasteiger partial charge in [-0.1, -0.05) is 37.9 Å². The van der Waals surface area contributed by atoms with Crippen molar-refractivity contribution in [2.45, 2.75) is 0 Å². The van der Waals surface area contributed by atoms with Gasteiger partial charge in [-0.25, -0.2) is 0 Å². The van der Waals surface area contributed by atoms with Gasteiger partial charge in [0.05, 0.1) is 0 Å². The van der Waals surface area contributed by atoms with Crippen molar-refractivity contribution in [2.75, 3.05) is 0 Å². The minimum Gasteiger partial charge on any atom is -0.367 e. The molecule has 2 aromatic heterocycles. The van der Waals surface area contributed by atoms with E-state index >= 15 is 0 Å². The third-order valence-electron chi connectivity index (χ3n) is 2.36. The molecule has 0 radical (unpaired) electrons. The van der Waals surface area contributed by atoms with Gasteiger partial charge in [0.2, 0.25) is 0 Å². The van der Waals surface area contributed by atoms with E-state index in [4.69, 9.17) is 0 Å². The van der Waals surface area contributed by atoms with Gasteiger partial charge < -0.3 is 4.98 Å². The number of hydrogen-bond acceptors (Lipinski definition) is 1. The summed E-state index contributed by atoms with van der Waals surface area (Å²) in [6.45, 7) is 0. The Morgan fingerprint density at radius 1 is 0.842 bits per heavy atom. The van der Waals surface area contributed by atoms with Crippen LogP contribution in [0.1, 0.15) is 0 Å². The van der Waals surface area contributed by atoms with Crippen molar-refractivity contribution >= 4 is 31.9 Å². The first-order valence-electron chi connectivity index (χ1n) is 5.70. The second-order valence-corrected chi connectivity index (χ2v) is 5.61. The van der Waals surface area contributed by atoms with E-state index in [9.17, 15) is 0 Å². The molecule has 3 aromatic rings. The molecule has 4 heteroatoms. The Kier molecular flexibility index (Phi) is 5.36. The molecule has 2 nitrogen and oxygen atoms in total. The van der Waals surface area contributed by atoms with Crippen molar-refractivity contribution in [3.63, 3.8) is 0 Å². The number of nitrogens with zero attached hydrogens (tertiary/aromatic N) is 1. The molecule has 3 rings (SSSR count). The van der Waals surface area contributed by atoms with Crippen LogP contribution < -0.4 is 0 Å². The van der Waals surface area contributed by atoms with Crippen molar-refractivity contribution in [1.29, 1.82) is 0 Å². The van der Waals surface area contributed by atoms with Crippen molar-refractivity contribution in [3.05, 3.63) is 76.2 Å².